The van der Waals surface area contributed by atoms with E-state index in [4.69, 9.17) is 4.74 Å². The Morgan fingerprint density at radius 3 is 1.14 bits per heavy atom. The fourth-order valence-corrected chi connectivity index (χ4v) is 5.52. The fourth-order valence-electron chi connectivity index (χ4n) is 5.52. The van der Waals surface area contributed by atoms with Crippen molar-refractivity contribution in [3.8, 4) is 11.5 Å². The van der Waals surface area contributed by atoms with E-state index in [1.165, 1.54) is 36.4 Å². The summed E-state index contributed by atoms with van der Waals surface area (Å²) in [5.74, 6) is -1.92. The molecule has 2 N–H and O–H groups in total. The Morgan fingerprint density at radius 2 is 0.816 bits per heavy atom. The molecule has 11 heteroatoms. The summed E-state index contributed by atoms with van der Waals surface area (Å²) in [5, 5.41) is 5.70. The molecule has 0 fully saturated rings. The molecule has 0 aliphatic carbocycles. The summed E-state index contributed by atoms with van der Waals surface area (Å²) in [4.78, 5) is 80.2. The SMILES string of the molecule is CC(C)(C)NC(=O)c1ccc2c(c1)C(=O)N(c1ccc(Oc3ccc(N4C(=O)c5ccc(C(=O)NC(C)(C)C)cc5C4=O)cc3)cc1)C2=O. The molecule has 248 valence electrons. The number of amides is 6. The van der Waals surface area contributed by atoms with Gasteiger partial charge in [0.2, 0.25) is 0 Å². The number of carbonyl (C=O) groups is 6. The average Bonchev–Trinajstić information content (AvgIpc) is 3.43. The monoisotopic (exact) mass is 658 g/mol. The van der Waals surface area contributed by atoms with Crippen LogP contribution >= 0.6 is 0 Å². The third-order valence-electron chi connectivity index (χ3n) is 7.70. The van der Waals surface area contributed by atoms with Crippen molar-refractivity contribution < 1.29 is 33.5 Å². The number of nitrogens with zero attached hydrogens (tertiary/aromatic N) is 2. The zero-order valence-electron chi connectivity index (χ0n) is 27.8. The summed E-state index contributed by atoms with van der Waals surface area (Å²) in [7, 11) is 0. The number of imide groups is 2. The molecule has 0 bridgehead atoms. The highest BCUT2D eigenvalue weighted by Gasteiger charge is 2.38. The van der Waals surface area contributed by atoms with Crippen molar-refractivity contribution in [2.24, 2.45) is 0 Å². The summed E-state index contributed by atoms with van der Waals surface area (Å²) >= 11 is 0. The maximum absolute atomic E-state index is 13.3. The maximum atomic E-state index is 13.3. The van der Waals surface area contributed by atoms with Crippen LogP contribution in [0.2, 0.25) is 0 Å². The van der Waals surface area contributed by atoms with Gasteiger partial charge in [0, 0.05) is 22.2 Å². The molecule has 0 radical (unpaired) electrons. The van der Waals surface area contributed by atoms with Crippen LogP contribution in [0.25, 0.3) is 0 Å². The largest absolute Gasteiger partial charge is 0.457 e. The van der Waals surface area contributed by atoms with E-state index in [0.29, 0.717) is 22.9 Å². The molecule has 0 unspecified atom stereocenters. The third-order valence-corrected chi connectivity index (χ3v) is 7.70. The van der Waals surface area contributed by atoms with Gasteiger partial charge >= 0.3 is 0 Å². The van der Waals surface area contributed by atoms with Gasteiger partial charge in [0.15, 0.2) is 0 Å². The molecule has 6 rings (SSSR count). The first-order valence-corrected chi connectivity index (χ1v) is 15.6. The molecule has 4 aromatic rings. The summed E-state index contributed by atoms with van der Waals surface area (Å²) in [5.41, 5.74) is 1.01. The molecule has 49 heavy (non-hydrogen) atoms. The van der Waals surface area contributed by atoms with Crippen LogP contribution in [-0.2, 0) is 0 Å². The Balaban J connectivity index is 1.13. The van der Waals surface area contributed by atoms with E-state index in [-0.39, 0.29) is 45.2 Å². The van der Waals surface area contributed by atoms with E-state index in [0.717, 1.165) is 9.80 Å². The van der Waals surface area contributed by atoms with Crippen molar-refractivity contribution in [2.45, 2.75) is 52.6 Å². The van der Waals surface area contributed by atoms with Crippen LogP contribution in [0, 0.1) is 0 Å². The molecular formula is C38H34N4O7. The maximum Gasteiger partial charge on any atom is 0.266 e. The second-order valence-corrected chi connectivity index (χ2v) is 13.9. The minimum Gasteiger partial charge on any atom is -0.457 e. The zero-order valence-corrected chi connectivity index (χ0v) is 27.8. The number of benzene rings is 4. The van der Waals surface area contributed by atoms with Crippen molar-refractivity contribution in [1.29, 1.82) is 0 Å². The molecule has 0 saturated carbocycles. The number of hydrogen-bond acceptors (Lipinski definition) is 7. The van der Waals surface area contributed by atoms with E-state index in [1.54, 1.807) is 48.5 Å². The van der Waals surface area contributed by atoms with Gasteiger partial charge in [-0.3, -0.25) is 28.8 Å². The number of rotatable bonds is 6. The van der Waals surface area contributed by atoms with Crippen molar-refractivity contribution in [3.63, 3.8) is 0 Å². The average molecular weight is 659 g/mol. The van der Waals surface area contributed by atoms with E-state index < -0.39 is 34.7 Å². The van der Waals surface area contributed by atoms with Crippen molar-refractivity contribution in [3.05, 3.63) is 118 Å². The van der Waals surface area contributed by atoms with Crippen molar-refractivity contribution in [2.75, 3.05) is 9.80 Å². The van der Waals surface area contributed by atoms with Gasteiger partial charge in [-0.15, -0.1) is 0 Å². The zero-order chi connectivity index (χ0) is 35.4. The van der Waals surface area contributed by atoms with Crippen LogP contribution in [-0.4, -0.2) is 46.5 Å². The van der Waals surface area contributed by atoms with Gasteiger partial charge in [-0.05, 0) is 126 Å². The first-order valence-electron chi connectivity index (χ1n) is 15.6. The van der Waals surface area contributed by atoms with E-state index >= 15 is 0 Å². The van der Waals surface area contributed by atoms with Crippen LogP contribution < -0.4 is 25.2 Å². The van der Waals surface area contributed by atoms with Crippen LogP contribution in [0.1, 0.15) is 104 Å². The Morgan fingerprint density at radius 1 is 0.490 bits per heavy atom. The lowest BCUT2D eigenvalue weighted by molar-refractivity contribution is 0.0907. The highest BCUT2D eigenvalue weighted by atomic mass is 16.5. The Bertz CT molecular complexity index is 1920. The predicted molar refractivity (Wildman–Crippen MR) is 183 cm³/mol. The second kappa shape index (κ2) is 11.9. The van der Waals surface area contributed by atoms with Gasteiger partial charge in [-0.2, -0.15) is 0 Å². The normalized spacial score (nSPS) is 14.2. The van der Waals surface area contributed by atoms with Crippen LogP contribution in [0.3, 0.4) is 0 Å². The van der Waals surface area contributed by atoms with Gasteiger partial charge in [0.25, 0.3) is 35.4 Å². The topological polar surface area (TPSA) is 142 Å². The number of hydrogen-bond donors (Lipinski definition) is 2. The highest BCUT2D eigenvalue weighted by molar-refractivity contribution is 6.35. The van der Waals surface area contributed by atoms with E-state index in [1.807, 2.05) is 41.5 Å². The molecule has 0 aromatic heterocycles. The quantitative estimate of drug-likeness (QED) is 0.237. The van der Waals surface area contributed by atoms with Crippen LogP contribution in [0.15, 0.2) is 84.9 Å². The lowest BCUT2D eigenvalue weighted by Gasteiger charge is -2.20. The Labute approximate surface area is 282 Å². The van der Waals surface area contributed by atoms with E-state index in [9.17, 15) is 28.8 Å². The summed E-state index contributed by atoms with van der Waals surface area (Å²) in [6.07, 6.45) is 0. The third kappa shape index (κ3) is 6.42. The summed E-state index contributed by atoms with van der Waals surface area (Å²) in [6, 6.07) is 21.6. The molecule has 6 amide bonds. The molecular weight excluding hydrogens is 624 g/mol. The minimum atomic E-state index is -0.535. The smallest absolute Gasteiger partial charge is 0.266 e. The first kappa shape index (κ1) is 32.8. The van der Waals surface area contributed by atoms with Crippen LogP contribution in [0.4, 0.5) is 11.4 Å². The minimum absolute atomic E-state index is 0.150. The van der Waals surface area contributed by atoms with Crippen molar-refractivity contribution in [1.82, 2.24) is 10.6 Å². The molecule has 2 heterocycles. The number of anilines is 2. The number of carbonyl (C=O) groups excluding carboxylic acids is 6. The molecule has 0 spiro atoms. The van der Waals surface area contributed by atoms with Crippen molar-refractivity contribution >= 4 is 46.8 Å². The Kier molecular flexibility index (Phi) is 7.94. The number of fused-ring (bicyclic) bond motifs is 2. The van der Waals surface area contributed by atoms with Gasteiger partial charge in [0.05, 0.1) is 33.6 Å². The lowest BCUT2D eigenvalue weighted by atomic mass is 10.0. The lowest BCUT2D eigenvalue weighted by Crippen LogP contribution is -2.40. The highest BCUT2D eigenvalue weighted by Crippen LogP contribution is 2.34. The molecule has 11 nitrogen and oxygen atoms in total. The van der Waals surface area contributed by atoms with Gasteiger partial charge in [-0.1, -0.05) is 0 Å². The Hall–Kier alpha value is -6.10. The molecule has 0 saturated heterocycles. The molecule has 2 aliphatic rings. The molecule has 2 aliphatic heterocycles. The standard InChI is InChI=1S/C38H34N4O7/c1-37(2,3)39-31(43)21-7-17-27-29(19-21)35(47)41(33(27)45)23-9-13-25(14-10-23)49-26-15-11-24(12-16-26)42-34(46)28-18-8-22(20-30(28)36(42)48)32(44)40-38(4,5)6/h7-20H,1-6H3,(H,39,43)(H,40,44). The molecule has 4 aromatic carbocycles. The number of ether oxygens (including phenoxy) is 1. The number of nitrogens with one attached hydrogen (secondary N) is 2. The first-order chi connectivity index (χ1) is 23.0. The van der Waals surface area contributed by atoms with Gasteiger partial charge in [0.1, 0.15) is 11.5 Å². The summed E-state index contributed by atoms with van der Waals surface area (Å²) in [6.45, 7) is 11.1. The molecule has 0 atom stereocenters. The van der Waals surface area contributed by atoms with Gasteiger partial charge in [-0.25, -0.2) is 9.80 Å². The van der Waals surface area contributed by atoms with E-state index in [2.05, 4.69) is 10.6 Å². The second-order valence-electron chi connectivity index (χ2n) is 13.9. The fraction of sp³-hybridized carbons (Fsp3) is 0.211. The predicted octanol–water partition coefficient (Wildman–Crippen LogP) is 6.14. The van der Waals surface area contributed by atoms with Crippen LogP contribution in [0.5, 0.6) is 11.5 Å². The summed E-state index contributed by atoms with van der Waals surface area (Å²) < 4.78 is 5.94. The van der Waals surface area contributed by atoms with Gasteiger partial charge < -0.3 is 15.4 Å².